The van der Waals surface area contributed by atoms with Gasteiger partial charge in [0.05, 0.1) is 16.1 Å². The lowest BCUT2D eigenvalue weighted by Gasteiger charge is -2.27. The van der Waals surface area contributed by atoms with Crippen molar-refractivity contribution in [3.63, 3.8) is 0 Å². The van der Waals surface area contributed by atoms with Gasteiger partial charge in [0.1, 0.15) is 5.58 Å². The Labute approximate surface area is 252 Å². The van der Waals surface area contributed by atoms with E-state index >= 15 is 0 Å². The summed E-state index contributed by atoms with van der Waals surface area (Å²) in [6.07, 6.45) is 0. The zero-order valence-corrected chi connectivity index (χ0v) is 24.0. The number of para-hydroxylation sites is 2. The molecule has 2 aromatic heterocycles. The predicted molar refractivity (Wildman–Crippen MR) is 184 cm³/mol. The average Bonchev–Trinajstić information content (AvgIpc) is 3.65. The van der Waals surface area contributed by atoms with Gasteiger partial charge in [-0.1, -0.05) is 115 Å². The summed E-state index contributed by atoms with van der Waals surface area (Å²) >= 11 is 1.86. The third kappa shape index (κ3) is 3.79. The quantitative estimate of drug-likeness (QED) is 0.210. The number of nitrogens with zero attached hydrogens (tertiary/aromatic N) is 1. The van der Waals surface area contributed by atoms with E-state index in [2.05, 4.69) is 150 Å². The third-order valence-electron chi connectivity index (χ3n) is 8.45. The molecule has 2 heterocycles. The fraction of sp³-hybridized carbons (Fsp3) is 0. The molecular weight excluding hydrogens is 543 g/mol. The topological polar surface area (TPSA) is 16.4 Å². The molecule has 0 unspecified atom stereocenters. The van der Waals surface area contributed by atoms with Gasteiger partial charge in [0.2, 0.25) is 0 Å². The molecule has 9 aromatic rings. The summed E-state index contributed by atoms with van der Waals surface area (Å²) in [6.45, 7) is 0. The smallest absolute Gasteiger partial charge is 0.159 e. The maximum atomic E-state index is 6.62. The summed E-state index contributed by atoms with van der Waals surface area (Å²) in [7, 11) is 0. The Morgan fingerprint density at radius 3 is 2.16 bits per heavy atom. The summed E-state index contributed by atoms with van der Waals surface area (Å²) in [6, 6.07) is 54.2. The Hall–Kier alpha value is -5.38. The molecule has 0 fully saturated rings. The van der Waals surface area contributed by atoms with Gasteiger partial charge >= 0.3 is 0 Å². The van der Waals surface area contributed by atoms with Crippen molar-refractivity contribution in [3.8, 4) is 11.1 Å². The molecule has 0 N–H and O–H groups in total. The van der Waals surface area contributed by atoms with E-state index in [-0.39, 0.29) is 0 Å². The minimum absolute atomic E-state index is 0.887. The molecule has 0 saturated carbocycles. The SMILES string of the molecule is c1ccc(-c2ccc(N(c3ccc4ccccc4c3)c3cccc4c3oc3ccccc34)c3sc4ccccc4c23)cc1. The Balaban J connectivity index is 1.40. The van der Waals surface area contributed by atoms with Crippen molar-refractivity contribution in [2.75, 3.05) is 4.90 Å². The van der Waals surface area contributed by atoms with Gasteiger partial charge in [-0.25, -0.2) is 0 Å². The lowest BCUT2D eigenvalue weighted by atomic mass is 9.98. The van der Waals surface area contributed by atoms with E-state index in [9.17, 15) is 0 Å². The van der Waals surface area contributed by atoms with Gasteiger partial charge in [0.25, 0.3) is 0 Å². The maximum absolute atomic E-state index is 6.62. The Kier molecular flexibility index (Phi) is 5.40. The highest BCUT2D eigenvalue weighted by Crippen LogP contribution is 2.50. The largest absolute Gasteiger partial charge is 0.454 e. The van der Waals surface area contributed by atoms with Crippen molar-refractivity contribution in [2.45, 2.75) is 0 Å². The van der Waals surface area contributed by atoms with Crippen molar-refractivity contribution in [3.05, 3.63) is 152 Å². The summed E-state index contributed by atoms with van der Waals surface area (Å²) in [4.78, 5) is 2.39. The summed E-state index contributed by atoms with van der Waals surface area (Å²) in [5.74, 6) is 0. The fourth-order valence-electron chi connectivity index (χ4n) is 6.48. The van der Waals surface area contributed by atoms with Crippen molar-refractivity contribution in [1.82, 2.24) is 0 Å². The minimum atomic E-state index is 0.887. The van der Waals surface area contributed by atoms with Gasteiger partial charge in [-0.15, -0.1) is 11.3 Å². The van der Waals surface area contributed by atoms with E-state index in [0.717, 1.165) is 39.0 Å². The molecule has 0 aliphatic heterocycles. The standard InChI is InChI=1S/C40H25NOS/c1-2-12-27(13-3-1)30-23-24-35(40-38(30)33-16-7-9-20-37(33)43-40)41(29-22-21-26-11-4-5-14-28(26)25-29)34-18-10-17-32-31-15-6-8-19-36(31)42-39(32)34/h1-25H. The van der Waals surface area contributed by atoms with Crippen LogP contribution in [0.4, 0.5) is 17.1 Å². The van der Waals surface area contributed by atoms with Crippen LogP contribution >= 0.6 is 11.3 Å². The molecule has 0 atom stereocenters. The van der Waals surface area contributed by atoms with Gasteiger partial charge < -0.3 is 9.32 Å². The van der Waals surface area contributed by atoms with Gasteiger partial charge in [-0.05, 0) is 58.3 Å². The van der Waals surface area contributed by atoms with Crippen molar-refractivity contribution in [1.29, 1.82) is 0 Å². The first-order valence-electron chi connectivity index (χ1n) is 14.5. The van der Waals surface area contributed by atoms with E-state index < -0.39 is 0 Å². The van der Waals surface area contributed by atoms with E-state index in [1.165, 1.54) is 42.1 Å². The average molecular weight is 568 g/mol. The van der Waals surface area contributed by atoms with Crippen LogP contribution in [0.25, 0.3) is 64.0 Å². The van der Waals surface area contributed by atoms with E-state index in [0.29, 0.717) is 0 Å². The first kappa shape index (κ1) is 24.2. The second-order valence-electron chi connectivity index (χ2n) is 10.9. The van der Waals surface area contributed by atoms with Crippen molar-refractivity contribution < 1.29 is 4.42 Å². The van der Waals surface area contributed by atoms with Crippen LogP contribution in [0.1, 0.15) is 0 Å². The Bertz CT molecular complexity index is 2470. The van der Waals surface area contributed by atoms with Crippen LogP contribution in [0.15, 0.2) is 156 Å². The molecule has 43 heavy (non-hydrogen) atoms. The number of furan rings is 1. The zero-order valence-electron chi connectivity index (χ0n) is 23.2. The van der Waals surface area contributed by atoms with Crippen LogP contribution in [0.3, 0.4) is 0 Å². The molecule has 0 bridgehead atoms. The number of rotatable bonds is 4. The molecule has 9 rings (SSSR count). The number of anilines is 3. The zero-order chi connectivity index (χ0) is 28.3. The minimum Gasteiger partial charge on any atom is -0.454 e. The molecule has 0 radical (unpaired) electrons. The summed E-state index contributed by atoms with van der Waals surface area (Å²) in [5.41, 5.74) is 7.51. The normalized spacial score (nSPS) is 11.7. The highest BCUT2D eigenvalue weighted by molar-refractivity contribution is 7.26. The molecule has 0 aliphatic carbocycles. The Morgan fingerprint density at radius 1 is 0.512 bits per heavy atom. The van der Waals surface area contributed by atoms with Crippen LogP contribution in [0.5, 0.6) is 0 Å². The van der Waals surface area contributed by atoms with Crippen molar-refractivity contribution >= 4 is 81.3 Å². The molecule has 2 nitrogen and oxygen atoms in total. The molecule has 3 heteroatoms. The molecule has 0 amide bonds. The fourth-order valence-corrected chi connectivity index (χ4v) is 7.71. The van der Waals surface area contributed by atoms with Crippen LogP contribution in [0, 0.1) is 0 Å². The Morgan fingerprint density at radius 2 is 1.26 bits per heavy atom. The van der Waals surface area contributed by atoms with E-state index in [4.69, 9.17) is 4.42 Å². The number of thiophene rings is 1. The van der Waals surface area contributed by atoms with Crippen LogP contribution in [-0.2, 0) is 0 Å². The molecule has 0 spiro atoms. The first-order valence-corrected chi connectivity index (χ1v) is 15.3. The number of fused-ring (bicyclic) bond motifs is 7. The van der Waals surface area contributed by atoms with Crippen LogP contribution in [-0.4, -0.2) is 0 Å². The van der Waals surface area contributed by atoms with Gasteiger partial charge in [-0.2, -0.15) is 0 Å². The second-order valence-corrected chi connectivity index (χ2v) is 12.0. The van der Waals surface area contributed by atoms with Crippen LogP contribution in [0.2, 0.25) is 0 Å². The van der Waals surface area contributed by atoms with Gasteiger partial charge in [0.15, 0.2) is 5.58 Å². The number of benzene rings is 7. The number of hydrogen-bond donors (Lipinski definition) is 0. The van der Waals surface area contributed by atoms with Gasteiger partial charge in [0, 0.05) is 31.9 Å². The second kappa shape index (κ2) is 9.59. The highest BCUT2D eigenvalue weighted by atomic mass is 32.1. The molecular formula is C40H25NOS. The highest BCUT2D eigenvalue weighted by Gasteiger charge is 2.24. The van der Waals surface area contributed by atoms with Crippen molar-refractivity contribution in [2.24, 2.45) is 0 Å². The molecule has 7 aromatic carbocycles. The monoisotopic (exact) mass is 567 g/mol. The predicted octanol–water partition coefficient (Wildman–Crippen LogP) is 12.2. The first-order chi connectivity index (χ1) is 21.3. The van der Waals surface area contributed by atoms with Gasteiger partial charge in [-0.3, -0.25) is 0 Å². The maximum Gasteiger partial charge on any atom is 0.159 e. The van der Waals surface area contributed by atoms with E-state index in [1.54, 1.807) is 0 Å². The molecule has 0 saturated heterocycles. The lowest BCUT2D eigenvalue weighted by molar-refractivity contribution is 0.669. The molecule has 202 valence electrons. The number of hydrogen-bond acceptors (Lipinski definition) is 3. The van der Waals surface area contributed by atoms with Crippen LogP contribution < -0.4 is 4.90 Å². The lowest BCUT2D eigenvalue weighted by Crippen LogP contribution is -2.10. The summed E-state index contributed by atoms with van der Waals surface area (Å²) < 4.78 is 9.15. The molecule has 0 aliphatic rings. The van der Waals surface area contributed by atoms with E-state index in [1.807, 2.05) is 17.4 Å². The summed E-state index contributed by atoms with van der Waals surface area (Å²) in [5, 5.41) is 7.24. The third-order valence-corrected chi connectivity index (χ3v) is 9.64.